The van der Waals surface area contributed by atoms with Crippen molar-refractivity contribution >= 4 is 21.7 Å². The van der Waals surface area contributed by atoms with Crippen LogP contribution < -0.4 is 0 Å². The van der Waals surface area contributed by atoms with E-state index in [0.717, 1.165) is 12.1 Å². The smallest absolute Gasteiger partial charge is 0.435 e. The molecule has 3 aliphatic rings. The van der Waals surface area contributed by atoms with Crippen molar-refractivity contribution in [3.8, 4) is 0 Å². The summed E-state index contributed by atoms with van der Waals surface area (Å²) in [6.07, 6.45) is -11.9. The van der Waals surface area contributed by atoms with Gasteiger partial charge in [0.15, 0.2) is 9.84 Å². The summed E-state index contributed by atoms with van der Waals surface area (Å²) < 4.78 is 133. The monoisotopic (exact) mass is 693 g/mol. The summed E-state index contributed by atoms with van der Waals surface area (Å²) in [6, 6.07) is 8.00. The Labute approximate surface area is 267 Å². The number of halogens is 7. The van der Waals surface area contributed by atoms with Crippen molar-refractivity contribution in [2.45, 2.75) is 85.3 Å². The van der Waals surface area contributed by atoms with E-state index in [2.05, 4.69) is 0 Å². The topological polar surface area (TPSA) is 93.3 Å². The van der Waals surface area contributed by atoms with Gasteiger partial charge in [-0.05, 0) is 69.2 Å². The second kappa shape index (κ2) is 11.7. The molecule has 0 bridgehead atoms. The van der Waals surface area contributed by atoms with E-state index >= 15 is 0 Å². The van der Waals surface area contributed by atoms with Crippen LogP contribution in [-0.2, 0) is 39.3 Å². The van der Waals surface area contributed by atoms with Gasteiger partial charge in [-0.15, -0.1) is 0 Å². The zero-order valence-electron chi connectivity index (χ0n) is 25.8. The molecule has 2 saturated heterocycles. The van der Waals surface area contributed by atoms with Gasteiger partial charge in [0.2, 0.25) is 5.91 Å². The Bertz CT molecular complexity index is 1620. The molecule has 7 nitrogen and oxygen atoms in total. The zero-order valence-corrected chi connectivity index (χ0v) is 26.6. The summed E-state index contributed by atoms with van der Waals surface area (Å²) in [5.41, 5.74) is -7.64. The Morgan fingerprint density at radius 2 is 1.45 bits per heavy atom. The highest BCUT2D eigenvalue weighted by atomic mass is 32.2. The summed E-state index contributed by atoms with van der Waals surface area (Å²) in [7, 11) is -3.23. The SMILES string of the molecule is COC(=O)[C@H]1CC[C@H](C(=O)N2CCC(c3ccc(C(F)(C(F)(F)F)C(F)(F)F)cc3)(S(=O)(=O)c3cccc(C4OC4(C)C)c3)C2)CC1. The predicted octanol–water partition coefficient (Wildman–Crippen LogP) is 6.71. The van der Waals surface area contributed by atoms with Crippen molar-refractivity contribution in [2.75, 3.05) is 20.2 Å². The number of carbonyl (C=O) groups is 2. The van der Waals surface area contributed by atoms with Crippen LogP contribution >= 0.6 is 0 Å². The van der Waals surface area contributed by atoms with Gasteiger partial charge in [0, 0.05) is 24.6 Å². The molecule has 15 heteroatoms. The van der Waals surface area contributed by atoms with Gasteiger partial charge in [-0.2, -0.15) is 26.3 Å². The Morgan fingerprint density at radius 3 is 1.96 bits per heavy atom. The molecule has 2 atom stereocenters. The van der Waals surface area contributed by atoms with Crippen LogP contribution in [0.5, 0.6) is 0 Å². The number of methoxy groups -OCH3 is 1. The molecule has 1 amide bonds. The summed E-state index contributed by atoms with van der Waals surface area (Å²) in [4.78, 5) is 26.8. The summed E-state index contributed by atoms with van der Waals surface area (Å²) in [6.45, 7) is 3.11. The largest absolute Gasteiger partial charge is 0.469 e. The fraction of sp³-hybridized carbons (Fsp3) is 0.562. The van der Waals surface area contributed by atoms with Gasteiger partial charge < -0.3 is 14.4 Å². The molecule has 2 heterocycles. The molecule has 0 radical (unpaired) electrons. The molecule has 5 rings (SSSR count). The van der Waals surface area contributed by atoms with E-state index < -0.39 is 62.3 Å². The van der Waals surface area contributed by atoms with Gasteiger partial charge in [0.1, 0.15) is 10.9 Å². The van der Waals surface area contributed by atoms with E-state index in [0.29, 0.717) is 43.4 Å². The van der Waals surface area contributed by atoms with Crippen LogP contribution in [0.3, 0.4) is 0 Å². The molecule has 0 aromatic heterocycles. The van der Waals surface area contributed by atoms with E-state index in [1.807, 2.05) is 13.8 Å². The van der Waals surface area contributed by atoms with Gasteiger partial charge >= 0.3 is 24.0 Å². The quantitative estimate of drug-likeness (QED) is 0.182. The van der Waals surface area contributed by atoms with Crippen LogP contribution in [0.1, 0.15) is 68.7 Å². The molecule has 3 fully saturated rings. The average Bonchev–Trinajstić information content (AvgIpc) is 3.42. The molecule has 47 heavy (non-hydrogen) atoms. The van der Waals surface area contributed by atoms with E-state index in [-0.39, 0.29) is 41.2 Å². The fourth-order valence-electron chi connectivity index (χ4n) is 6.88. The first-order valence-corrected chi connectivity index (χ1v) is 16.5. The van der Waals surface area contributed by atoms with Crippen LogP contribution in [0.4, 0.5) is 30.7 Å². The van der Waals surface area contributed by atoms with Gasteiger partial charge in [-0.3, -0.25) is 9.59 Å². The highest BCUT2D eigenvalue weighted by Gasteiger charge is 2.73. The average molecular weight is 694 g/mol. The molecule has 1 saturated carbocycles. The summed E-state index contributed by atoms with van der Waals surface area (Å²) >= 11 is 0. The Morgan fingerprint density at radius 1 is 0.894 bits per heavy atom. The van der Waals surface area contributed by atoms with Gasteiger partial charge in [-0.1, -0.05) is 36.4 Å². The van der Waals surface area contributed by atoms with Crippen molar-refractivity contribution < 1.29 is 58.2 Å². The first kappa shape index (κ1) is 35.1. The molecule has 2 unspecified atom stereocenters. The minimum absolute atomic E-state index is 0.0760. The van der Waals surface area contributed by atoms with Crippen molar-refractivity contribution in [1.82, 2.24) is 4.90 Å². The standard InChI is InChI=1S/C32H34F7NO6S/c1-28(2)25(46-28)21-5-4-6-24(17-21)47(43,44)29(22-11-13-23(14-12-22)30(33,31(34,35)36)32(37,38)39)15-16-40(18-29)26(41)19-7-9-20(10-8-19)27(42)45-3/h4-6,11-14,17,19-20,25H,7-10,15-16,18H2,1-3H3/t19-,20-,25?,29?. The number of esters is 1. The van der Waals surface area contributed by atoms with Crippen molar-refractivity contribution in [3.05, 3.63) is 65.2 Å². The third-order valence-electron chi connectivity index (χ3n) is 9.73. The van der Waals surface area contributed by atoms with Crippen LogP contribution in [0.15, 0.2) is 53.4 Å². The number of benzene rings is 2. The number of carbonyl (C=O) groups excluding carboxylic acids is 2. The second-order valence-corrected chi connectivity index (χ2v) is 15.2. The van der Waals surface area contributed by atoms with Crippen LogP contribution in [0.25, 0.3) is 0 Å². The Kier molecular flexibility index (Phi) is 8.77. The number of hydrogen-bond acceptors (Lipinski definition) is 6. The van der Waals surface area contributed by atoms with Crippen LogP contribution in [-0.4, -0.2) is 63.3 Å². The van der Waals surface area contributed by atoms with Crippen molar-refractivity contribution in [1.29, 1.82) is 0 Å². The van der Waals surface area contributed by atoms with Gasteiger partial charge in [0.05, 0.1) is 23.5 Å². The zero-order chi connectivity index (χ0) is 34.8. The maximum absolute atomic E-state index is 14.8. The highest BCUT2D eigenvalue weighted by molar-refractivity contribution is 7.92. The van der Waals surface area contributed by atoms with Crippen molar-refractivity contribution in [2.24, 2.45) is 11.8 Å². The molecule has 258 valence electrons. The predicted molar refractivity (Wildman–Crippen MR) is 153 cm³/mol. The molecule has 0 spiro atoms. The molecule has 2 aromatic rings. The number of rotatable bonds is 7. The lowest BCUT2D eigenvalue weighted by Crippen LogP contribution is -2.50. The lowest BCUT2D eigenvalue weighted by Gasteiger charge is -2.33. The number of nitrogens with zero attached hydrogens (tertiary/aromatic N) is 1. The number of likely N-dealkylation sites (tertiary alicyclic amines) is 1. The van der Waals surface area contributed by atoms with Crippen LogP contribution in [0.2, 0.25) is 0 Å². The number of epoxide rings is 1. The maximum atomic E-state index is 14.8. The number of alkyl halides is 7. The lowest BCUT2D eigenvalue weighted by atomic mass is 9.81. The first-order valence-electron chi connectivity index (χ1n) is 15.0. The Hall–Kier alpha value is -3.20. The highest BCUT2D eigenvalue weighted by Crippen LogP contribution is 2.54. The maximum Gasteiger partial charge on any atom is 0.435 e. The van der Waals surface area contributed by atoms with E-state index in [9.17, 15) is 48.7 Å². The number of ether oxygens (including phenoxy) is 2. The molecule has 0 N–H and O–H groups in total. The minimum Gasteiger partial charge on any atom is -0.469 e. The van der Waals surface area contributed by atoms with E-state index in [1.165, 1.54) is 30.2 Å². The lowest BCUT2D eigenvalue weighted by molar-refractivity contribution is -0.348. The minimum atomic E-state index is -6.35. The number of amides is 1. The first-order chi connectivity index (χ1) is 21.7. The van der Waals surface area contributed by atoms with E-state index in [1.54, 1.807) is 6.07 Å². The number of hydrogen-bond donors (Lipinski definition) is 0. The third-order valence-corrected chi connectivity index (χ3v) is 12.2. The molecule has 2 aromatic carbocycles. The fourth-order valence-corrected chi connectivity index (χ4v) is 9.01. The van der Waals surface area contributed by atoms with E-state index in [4.69, 9.17) is 9.47 Å². The second-order valence-electron chi connectivity index (χ2n) is 13.0. The Balaban J connectivity index is 1.53. The molecular weight excluding hydrogens is 659 g/mol. The number of sulfone groups is 1. The molecule has 2 aliphatic heterocycles. The van der Waals surface area contributed by atoms with Gasteiger partial charge in [-0.25, -0.2) is 12.8 Å². The summed E-state index contributed by atoms with van der Waals surface area (Å²) in [5.74, 6) is -1.66. The van der Waals surface area contributed by atoms with Crippen LogP contribution in [0, 0.1) is 11.8 Å². The summed E-state index contributed by atoms with van der Waals surface area (Å²) in [5, 5.41) is 0. The normalized spacial score (nSPS) is 26.6. The third kappa shape index (κ3) is 5.91. The molecular formula is C32H34F7NO6S. The molecule has 1 aliphatic carbocycles. The van der Waals surface area contributed by atoms with Crippen molar-refractivity contribution in [3.63, 3.8) is 0 Å². The van der Waals surface area contributed by atoms with Gasteiger partial charge in [0.25, 0.3) is 0 Å².